The van der Waals surface area contributed by atoms with Crippen LogP contribution in [0.4, 0.5) is 5.82 Å². The molecule has 1 N–H and O–H groups in total. The first-order valence-corrected chi connectivity index (χ1v) is 8.07. The summed E-state index contributed by atoms with van der Waals surface area (Å²) in [6, 6.07) is 5.79. The molecule has 1 aliphatic heterocycles. The number of thiophene rings is 1. The first-order chi connectivity index (χ1) is 10.8. The summed E-state index contributed by atoms with van der Waals surface area (Å²) in [6.07, 6.45) is 3.46. The monoisotopic (exact) mass is 313 g/mol. The lowest BCUT2D eigenvalue weighted by Crippen LogP contribution is -2.49. The van der Waals surface area contributed by atoms with E-state index in [2.05, 4.69) is 19.9 Å². The number of hydrogen-bond donors (Lipinski definition) is 1. The highest BCUT2D eigenvalue weighted by Gasteiger charge is 2.24. The molecule has 0 bridgehead atoms. The molecule has 3 aromatic heterocycles. The molecule has 0 aromatic carbocycles. The third-order valence-electron chi connectivity index (χ3n) is 3.93. The van der Waals surface area contributed by atoms with Crippen LogP contribution in [0.15, 0.2) is 36.1 Å². The zero-order chi connectivity index (χ0) is 14.9. The Morgan fingerprint density at radius 3 is 2.82 bits per heavy atom. The Morgan fingerprint density at radius 1 is 1.18 bits per heavy atom. The molecular formula is C15H15N5OS. The maximum atomic E-state index is 12.4. The Kier molecular flexibility index (Phi) is 3.27. The van der Waals surface area contributed by atoms with E-state index in [0.29, 0.717) is 13.1 Å². The number of carbonyl (C=O) groups excluding carboxylic acids is 1. The lowest BCUT2D eigenvalue weighted by Gasteiger charge is -2.35. The molecular weight excluding hydrogens is 298 g/mol. The number of hydrogen-bond acceptors (Lipinski definition) is 5. The van der Waals surface area contributed by atoms with Crippen molar-refractivity contribution in [2.45, 2.75) is 0 Å². The second-order valence-corrected chi connectivity index (χ2v) is 6.14. The van der Waals surface area contributed by atoms with Crippen molar-refractivity contribution in [3.05, 3.63) is 41.0 Å². The van der Waals surface area contributed by atoms with Gasteiger partial charge in [0.05, 0.1) is 10.3 Å². The van der Waals surface area contributed by atoms with Crippen LogP contribution in [0.25, 0.3) is 11.0 Å². The van der Waals surface area contributed by atoms with E-state index in [1.807, 2.05) is 34.7 Å². The minimum absolute atomic E-state index is 0.129. The number of carbonyl (C=O) groups is 1. The molecule has 7 heteroatoms. The van der Waals surface area contributed by atoms with Crippen LogP contribution in [0.5, 0.6) is 0 Å². The zero-order valence-electron chi connectivity index (χ0n) is 11.9. The Bertz CT molecular complexity index is 789. The van der Waals surface area contributed by atoms with Crippen molar-refractivity contribution in [1.29, 1.82) is 0 Å². The predicted molar refractivity (Wildman–Crippen MR) is 86.3 cm³/mol. The summed E-state index contributed by atoms with van der Waals surface area (Å²) in [7, 11) is 0. The van der Waals surface area contributed by atoms with Crippen LogP contribution in [0, 0.1) is 0 Å². The van der Waals surface area contributed by atoms with Gasteiger partial charge in [0.25, 0.3) is 5.91 Å². The number of rotatable bonds is 2. The number of aromatic amines is 1. The van der Waals surface area contributed by atoms with Gasteiger partial charge in [-0.25, -0.2) is 9.97 Å². The molecule has 4 heterocycles. The zero-order valence-corrected chi connectivity index (χ0v) is 12.7. The number of amides is 1. The van der Waals surface area contributed by atoms with E-state index in [4.69, 9.17) is 0 Å². The molecule has 0 aliphatic carbocycles. The van der Waals surface area contributed by atoms with Crippen molar-refractivity contribution in [1.82, 2.24) is 19.9 Å². The number of aromatic nitrogens is 3. The third-order valence-corrected chi connectivity index (χ3v) is 4.79. The fourth-order valence-corrected chi connectivity index (χ4v) is 3.48. The van der Waals surface area contributed by atoms with E-state index < -0.39 is 0 Å². The minimum atomic E-state index is 0.129. The van der Waals surface area contributed by atoms with Crippen molar-refractivity contribution in [3.63, 3.8) is 0 Å². The van der Waals surface area contributed by atoms with Gasteiger partial charge in [0, 0.05) is 32.4 Å². The maximum absolute atomic E-state index is 12.4. The van der Waals surface area contributed by atoms with E-state index in [-0.39, 0.29) is 5.91 Å². The first kappa shape index (κ1) is 13.3. The predicted octanol–water partition coefficient (Wildman–Crippen LogP) is 1.98. The molecule has 22 heavy (non-hydrogen) atoms. The van der Waals surface area contributed by atoms with Crippen molar-refractivity contribution >= 4 is 34.1 Å². The normalized spacial score (nSPS) is 15.5. The summed E-state index contributed by atoms with van der Waals surface area (Å²) in [5, 5.41) is 2.97. The molecule has 6 nitrogen and oxygen atoms in total. The Hall–Kier alpha value is -2.41. The molecule has 0 radical (unpaired) electrons. The van der Waals surface area contributed by atoms with Gasteiger partial charge in [-0.3, -0.25) is 4.79 Å². The van der Waals surface area contributed by atoms with Crippen LogP contribution >= 0.6 is 11.3 Å². The maximum Gasteiger partial charge on any atom is 0.264 e. The molecule has 4 rings (SSSR count). The molecule has 0 unspecified atom stereocenters. The average Bonchev–Trinajstić information content (AvgIpc) is 3.25. The second-order valence-electron chi connectivity index (χ2n) is 5.19. The van der Waals surface area contributed by atoms with Crippen LogP contribution in [-0.4, -0.2) is 51.9 Å². The average molecular weight is 313 g/mol. The standard InChI is InChI=1S/C15H15N5OS/c21-15(12-2-1-9-22-12)20-7-5-19(6-8-20)14-11-3-4-16-13(11)17-10-18-14/h1-4,9-10H,5-8H2,(H,16,17,18). The highest BCUT2D eigenvalue weighted by atomic mass is 32.1. The summed E-state index contributed by atoms with van der Waals surface area (Å²) >= 11 is 1.50. The Balaban J connectivity index is 1.50. The lowest BCUT2D eigenvalue weighted by atomic mass is 10.2. The molecule has 0 saturated carbocycles. The van der Waals surface area contributed by atoms with Gasteiger partial charge in [-0.05, 0) is 17.5 Å². The quantitative estimate of drug-likeness (QED) is 0.786. The number of fused-ring (bicyclic) bond motifs is 1. The summed E-state index contributed by atoms with van der Waals surface area (Å²) in [5.41, 5.74) is 0.849. The van der Waals surface area contributed by atoms with Crippen molar-refractivity contribution in [3.8, 4) is 0 Å². The van der Waals surface area contributed by atoms with Gasteiger partial charge in [-0.2, -0.15) is 0 Å². The van der Waals surface area contributed by atoms with E-state index in [1.54, 1.807) is 6.33 Å². The Morgan fingerprint density at radius 2 is 2.05 bits per heavy atom. The van der Waals surface area contributed by atoms with Crippen LogP contribution in [0.2, 0.25) is 0 Å². The van der Waals surface area contributed by atoms with Gasteiger partial charge in [0.1, 0.15) is 17.8 Å². The minimum Gasteiger partial charge on any atom is -0.352 e. The van der Waals surface area contributed by atoms with Crippen LogP contribution in [0.1, 0.15) is 9.67 Å². The van der Waals surface area contributed by atoms with Gasteiger partial charge in [-0.1, -0.05) is 6.07 Å². The largest absolute Gasteiger partial charge is 0.352 e. The van der Waals surface area contributed by atoms with Gasteiger partial charge in [0.2, 0.25) is 0 Å². The number of H-pyrrole nitrogens is 1. The molecule has 112 valence electrons. The van der Waals surface area contributed by atoms with Crippen molar-refractivity contribution < 1.29 is 4.79 Å². The molecule has 0 spiro atoms. The van der Waals surface area contributed by atoms with Gasteiger partial charge in [0.15, 0.2) is 0 Å². The van der Waals surface area contributed by atoms with Crippen molar-refractivity contribution in [2.75, 3.05) is 31.1 Å². The highest BCUT2D eigenvalue weighted by Crippen LogP contribution is 2.23. The summed E-state index contributed by atoms with van der Waals surface area (Å²) in [6.45, 7) is 3.00. The first-order valence-electron chi connectivity index (χ1n) is 7.19. The summed E-state index contributed by atoms with van der Waals surface area (Å²) in [5.74, 6) is 1.07. The van der Waals surface area contributed by atoms with Gasteiger partial charge >= 0.3 is 0 Å². The number of piperazine rings is 1. The molecule has 1 amide bonds. The SMILES string of the molecule is O=C(c1cccs1)N1CCN(c2ncnc3[nH]ccc23)CC1. The molecule has 0 atom stereocenters. The fraction of sp³-hybridized carbons (Fsp3) is 0.267. The number of nitrogens with zero attached hydrogens (tertiary/aromatic N) is 4. The molecule has 1 aliphatic rings. The van der Waals surface area contributed by atoms with Crippen LogP contribution in [-0.2, 0) is 0 Å². The smallest absolute Gasteiger partial charge is 0.264 e. The Labute approximate surface area is 131 Å². The third kappa shape index (κ3) is 2.23. The lowest BCUT2D eigenvalue weighted by molar-refractivity contribution is 0.0751. The second kappa shape index (κ2) is 5.42. The van der Waals surface area contributed by atoms with E-state index in [9.17, 15) is 4.79 Å². The molecule has 3 aromatic rings. The van der Waals surface area contributed by atoms with Crippen LogP contribution in [0.3, 0.4) is 0 Å². The van der Waals surface area contributed by atoms with Gasteiger partial charge in [-0.15, -0.1) is 11.3 Å². The topological polar surface area (TPSA) is 65.1 Å². The molecule has 1 saturated heterocycles. The number of anilines is 1. The fourth-order valence-electron chi connectivity index (χ4n) is 2.79. The van der Waals surface area contributed by atoms with E-state index >= 15 is 0 Å². The van der Waals surface area contributed by atoms with E-state index in [1.165, 1.54) is 11.3 Å². The number of nitrogens with one attached hydrogen (secondary N) is 1. The molecule has 1 fully saturated rings. The van der Waals surface area contributed by atoms with E-state index in [0.717, 1.165) is 34.8 Å². The summed E-state index contributed by atoms with van der Waals surface area (Å²) < 4.78 is 0. The summed E-state index contributed by atoms with van der Waals surface area (Å²) in [4.78, 5) is 29.0. The van der Waals surface area contributed by atoms with Gasteiger partial charge < -0.3 is 14.8 Å². The van der Waals surface area contributed by atoms with Crippen molar-refractivity contribution in [2.24, 2.45) is 0 Å². The van der Waals surface area contributed by atoms with Crippen LogP contribution < -0.4 is 4.90 Å². The highest BCUT2D eigenvalue weighted by molar-refractivity contribution is 7.12.